The molecule has 0 aromatic heterocycles. The Bertz CT molecular complexity index is 24.3. The number of rotatable bonds is 0. The zero-order chi connectivity index (χ0) is 2.71. The first-order chi connectivity index (χ1) is 1.41. The molecule has 3 nitrogen and oxygen atoms in total. The topological polar surface area (TPSA) is 62.6 Å². The fourth-order valence-corrected chi connectivity index (χ4v) is 0. The van der Waals surface area contributed by atoms with E-state index in [0.717, 1.165) is 0 Å². The first-order valence-electron chi connectivity index (χ1n) is 0.333. The van der Waals surface area contributed by atoms with Crippen molar-refractivity contribution in [3.63, 3.8) is 0 Å². The van der Waals surface area contributed by atoms with Crippen molar-refractivity contribution >= 4 is 0 Å². The van der Waals surface area contributed by atoms with E-state index in [4.69, 9.17) is 7.61 Å². The summed E-state index contributed by atoms with van der Waals surface area (Å²) in [6, 6.07) is 0. The maximum absolute atomic E-state index is 8.44. The number of hydrogen-bond donors (Lipinski definition) is 0. The van der Waals surface area contributed by atoms with Crippen molar-refractivity contribution in [1.82, 2.24) is 0 Å². The molecule has 0 saturated carbocycles. The molecule has 0 spiro atoms. The molecule has 0 aliphatic heterocycles. The maximum atomic E-state index is 8.44. The van der Waals surface area contributed by atoms with E-state index in [-0.39, 0.29) is 5.48 Å². The molecule has 0 fully saturated rings. The van der Waals surface area contributed by atoms with E-state index in [1.807, 2.05) is 0 Å². The van der Waals surface area contributed by atoms with Gasteiger partial charge in [0, 0.05) is 0 Å². The van der Waals surface area contributed by atoms with Crippen LogP contribution >= 0.6 is 0 Å². The van der Waals surface area contributed by atoms with Gasteiger partial charge in [0.15, 0.2) is 0 Å². The van der Waals surface area contributed by atoms with Crippen molar-refractivity contribution in [1.29, 1.82) is 0 Å². The van der Waals surface area contributed by atoms with Crippen molar-refractivity contribution in [3.05, 3.63) is 0 Å². The van der Waals surface area contributed by atoms with Gasteiger partial charge in [-0.3, -0.25) is 0 Å². The summed E-state index contributed by atoms with van der Waals surface area (Å²) in [5.74, 6) is 0. The molecule has 24 valence electrons. The van der Waals surface area contributed by atoms with Gasteiger partial charge in [-0.25, -0.2) is 0 Å². The van der Waals surface area contributed by atoms with E-state index in [0.29, 0.717) is 0 Å². The molecule has 0 N–H and O–H groups in total. The van der Waals surface area contributed by atoms with Gasteiger partial charge >= 0.3 is 22.7 Å². The number of hydrogen-bond acceptors (Lipinski definition) is 2. The average molecular weight is 100.0 g/mol. The first-order valence-corrected chi connectivity index (χ1v) is 1.37. The Kier molecular flexibility index (Phi) is 25.4. The van der Waals surface area contributed by atoms with E-state index in [1.54, 1.807) is 0 Å². The van der Waals surface area contributed by atoms with Crippen molar-refractivity contribution in [2.24, 2.45) is 0 Å². The Morgan fingerprint density at radius 3 is 1.25 bits per heavy atom. The molecule has 4 heteroatoms. The van der Waals surface area contributed by atoms with Crippen molar-refractivity contribution in [3.8, 4) is 0 Å². The van der Waals surface area contributed by atoms with Crippen LogP contribution in [0.15, 0.2) is 0 Å². The third-order valence-corrected chi connectivity index (χ3v) is 0. The van der Waals surface area contributed by atoms with Gasteiger partial charge < -0.3 is 5.48 Å². The summed E-state index contributed by atoms with van der Waals surface area (Å²) >= 11 is -1.62. The first kappa shape index (κ1) is 8.94. The zero-order valence-corrected chi connectivity index (χ0v) is 2.91. The van der Waals surface area contributed by atoms with Crippen LogP contribution in [0.4, 0.5) is 0 Å². The molecule has 0 saturated heterocycles. The van der Waals surface area contributed by atoms with Crippen LogP contribution in [0.1, 0.15) is 0 Å². The summed E-state index contributed by atoms with van der Waals surface area (Å²) in [5, 5.41) is 0. The van der Waals surface area contributed by atoms with Gasteiger partial charge in [-0.2, -0.15) is 0 Å². The van der Waals surface area contributed by atoms with Crippen molar-refractivity contribution in [2.75, 3.05) is 0 Å². The minimum absolute atomic E-state index is 0. The molecular formula is CrO3. The van der Waals surface area contributed by atoms with Crippen LogP contribution in [0.25, 0.3) is 0 Å². The van der Waals surface area contributed by atoms with Crippen LogP contribution in [-0.2, 0) is 28.2 Å². The molecule has 0 atom stereocenters. The Balaban J connectivity index is 0. The summed E-state index contributed by atoms with van der Waals surface area (Å²) in [7, 11) is 0. The third-order valence-electron chi connectivity index (χ3n) is 0. The van der Waals surface area contributed by atoms with E-state index in [2.05, 4.69) is 0 Å². The standard InChI is InChI=1S/Cr.3O/q+2;;;-2. The van der Waals surface area contributed by atoms with E-state index in [9.17, 15) is 0 Å². The van der Waals surface area contributed by atoms with E-state index >= 15 is 0 Å². The van der Waals surface area contributed by atoms with Crippen molar-refractivity contribution < 1.29 is 28.2 Å². The second-order valence-electron chi connectivity index (χ2n) is 0.0680. The van der Waals surface area contributed by atoms with Gasteiger partial charge in [0.1, 0.15) is 0 Å². The molecule has 0 bridgehead atoms. The Morgan fingerprint density at radius 2 is 1.25 bits per heavy atom. The zero-order valence-electron chi connectivity index (χ0n) is 1.63. The summed E-state index contributed by atoms with van der Waals surface area (Å²) in [5.41, 5.74) is 0. The summed E-state index contributed by atoms with van der Waals surface area (Å²) in [6.45, 7) is 0. The molecule has 0 unspecified atom stereocenters. The van der Waals surface area contributed by atoms with Gasteiger partial charge in [0.05, 0.1) is 0 Å². The van der Waals surface area contributed by atoms with Crippen LogP contribution in [0.2, 0.25) is 0 Å². The van der Waals surface area contributed by atoms with Crippen LogP contribution in [0, 0.1) is 0 Å². The van der Waals surface area contributed by atoms with Gasteiger partial charge in [-0.1, -0.05) is 0 Å². The molecule has 4 heavy (non-hydrogen) atoms. The molecule has 0 aromatic carbocycles. The van der Waals surface area contributed by atoms with Gasteiger partial charge in [0.25, 0.3) is 0 Å². The molecule has 0 aromatic rings. The molecule has 0 rings (SSSR count). The van der Waals surface area contributed by atoms with Crippen molar-refractivity contribution in [2.45, 2.75) is 0 Å². The normalized spacial score (nSPS) is 2.00. The Hall–Kier alpha value is 0.0925. The van der Waals surface area contributed by atoms with Crippen LogP contribution in [0.5, 0.6) is 0 Å². The van der Waals surface area contributed by atoms with Crippen LogP contribution in [-0.4, -0.2) is 0 Å². The Labute approximate surface area is 29.1 Å². The fourth-order valence-electron chi connectivity index (χ4n) is 0. The van der Waals surface area contributed by atoms with Crippen LogP contribution in [0.3, 0.4) is 0 Å². The van der Waals surface area contributed by atoms with Gasteiger partial charge in [0.2, 0.25) is 0 Å². The summed E-state index contributed by atoms with van der Waals surface area (Å²) in [4.78, 5) is 0. The SMILES string of the molecule is [O-2].[O]=[Cr+2]=[O]. The predicted molar refractivity (Wildman–Crippen MR) is 2.06 cm³/mol. The summed E-state index contributed by atoms with van der Waals surface area (Å²) in [6.07, 6.45) is 0. The molecule has 0 aliphatic rings. The monoisotopic (exact) mass is 99.9 g/mol. The van der Waals surface area contributed by atoms with Gasteiger partial charge in [-0.05, 0) is 0 Å². The van der Waals surface area contributed by atoms with Gasteiger partial charge in [-0.15, -0.1) is 0 Å². The molecule has 0 amide bonds. The fraction of sp³-hybridized carbons (Fsp3) is 0. The second kappa shape index (κ2) is 11.3. The molecule has 0 heterocycles. The predicted octanol–water partition coefficient (Wildman–Crippen LogP) is -0.359. The van der Waals surface area contributed by atoms with Crippen LogP contribution < -0.4 is 0 Å². The second-order valence-corrected chi connectivity index (χ2v) is 0.281. The quantitative estimate of drug-likeness (QED) is 0.417. The van der Waals surface area contributed by atoms with E-state index < -0.39 is 15.1 Å². The minimum atomic E-state index is -1.62. The molecule has 0 aliphatic carbocycles. The molecule has 0 radical (unpaired) electrons. The molecular weight excluding hydrogens is 100.0 g/mol. The summed E-state index contributed by atoms with van der Waals surface area (Å²) < 4.78 is 16.9. The van der Waals surface area contributed by atoms with E-state index in [1.165, 1.54) is 0 Å². The Morgan fingerprint density at radius 1 is 1.25 bits per heavy atom. The average Bonchev–Trinajstić information content (AvgIpc) is 0.918. The third kappa shape index (κ3) is 292.